The smallest absolute Gasteiger partial charge is 0.119 e. The first-order chi connectivity index (χ1) is 13.6. The van der Waals surface area contributed by atoms with Crippen LogP contribution in [-0.4, -0.2) is 66.9 Å². The number of β-amino-alcohol motifs (C(OH)–C–C–N with tert-alkyl or cyclic N) is 1. The van der Waals surface area contributed by atoms with Gasteiger partial charge < -0.3 is 20.1 Å². The lowest BCUT2D eigenvalue weighted by atomic mass is 10.2. The highest BCUT2D eigenvalue weighted by molar-refractivity contribution is 7.11. The lowest BCUT2D eigenvalue weighted by molar-refractivity contribution is 0.0471. The Balaban J connectivity index is 1.37. The number of aliphatic hydroxyl groups is 1. The molecule has 6 heteroatoms. The summed E-state index contributed by atoms with van der Waals surface area (Å²) in [6, 6.07) is 12.5. The molecular weight excluding hydrogens is 370 g/mol. The average Bonchev–Trinajstić information content (AvgIpc) is 3.12. The number of thiophene rings is 1. The van der Waals surface area contributed by atoms with Gasteiger partial charge in [0.15, 0.2) is 0 Å². The van der Waals surface area contributed by atoms with Crippen molar-refractivity contribution in [3.63, 3.8) is 0 Å². The van der Waals surface area contributed by atoms with Gasteiger partial charge >= 0.3 is 0 Å². The highest BCUT2D eigenvalue weighted by Crippen LogP contribution is 2.16. The molecule has 0 radical (unpaired) electrons. The fourth-order valence-corrected chi connectivity index (χ4v) is 4.35. The first kappa shape index (κ1) is 21.3. The van der Waals surface area contributed by atoms with Gasteiger partial charge in [-0.1, -0.05) is 19.1 Å². The van der Waals surface area contributed by atoms with Crippen molar-refractivity contribution in [2.75, 3.05) is 45.9 Å². The summed E-state index contributed by atoms with van der Waals surface area (Å²) in [5, 5.41) is 13.8. The van der Waals surface area contributed by atoms with Crippen LogP contribution in [0.25, 0.3) is 0 Å². The molecule has 1 aromatic heterocycles. The summed E-state index contributed by atoms with van der Waals surface area (Å²) in [7, 11) is 0. The van der Waals surface area contributed by atoms with Crippen LogP contribution in [0.2, 0.25) is 0 Å². The van der Waals surface area contributed by atoms with Crippen LogP contribution < -0.4 is 10.1 Å². The molecule has 0 aliphatic carbocycles. The molecule has 5 nitrogen and oxygen atoms in total. The van der Waals surface area contributed by atoms with E-state index in [0.29, 0.717) is 13.2 Å². The van der Waals surface area contributed by atoms with Crippen LogP contribution in [-0.2, 0) is 13.1 Å². The molecule has 1 atom stereocenters. The number of likely N-dealkylation sites (N-methyl/N-ethyl adjacent to an activating group) is 1. The van der Waals surface area contributed by atoms with Crippen molar-refractivity contribution >= 4 is 11.3 Å². The molecule has 0 unspecified atom stereocenters. The molecule has 1 aliphatic rings. The standard InChI is InChI=1S/C22H33N3O2S/c1-3-24-9-11-25(12-10-24)16-20(26)17-27-21-6-4-5-19(13-21)14-23-15-22-8-7-18(2)28-22/h4-8,13,20,23,26H,3,9-12,14-17H2,1-2H3/t20-/m0/s1. The van der Waals surface area contributed by atoms with E-state index in [1.165, 1.54) is 15.3 Å². The van der Waals surface area contributed by atoms with Gasteiger partial charge in [0.05, 0.1) is 0 Å². The fourth-order valence-electron chi connectivity index (χ4n) is 3.49. The molecule has 1 saturated heterocycles. The SMILES string of the molecule is CCN1CCN(C[C@H](O)COc2cccc(CNCc3ccc(C)s3)c2)CC1. The van der Waals surface area contributed by atoms with E-state index >= 15 is 0 Å². The number of piperazine rings is 1. The first-order valence-corrected chi connectivity index (χ1v) is 11.0. The highest BCUT2D eigenvalue weighted by atomic mass is 32.1. The second-order valence-electron chi connectivity index (χ2n) is 7.46. The molecule has 2 heterocycles. The van der Waals surface area contributed by atoms with Gasteiger partial charge in [-0.25, -0.2) is 0 Å². The van der Waals surface area contributed by atoms with E-state index in [4.69, 9.17) is 4.74 Å². The van der Waals surface area contributed by atoms with E-state index in [1.807, 2.05) is 23.5 Å². The third-order valence-corrected chi connectivity index (χ3v) is 6.15. The lowest BCUT2D eigenvalue weighted by Crippen LogP contribution is -2.49. The number of hydrogen-bond donors (Lipinski definition) is 2. The molecule has 0 amide bonds. The molecule has 3 rings (SSSR count). The minimum atomic E-state index is -0.461. The van der Waals surface area contributed by atoms with Crippen molar-refractivity contribution < 1.29 is 9.84 Å². The Kier molecular flexibility index (Phi) is 8.30. The van der Waals surface area contributed by atoms with Crippen LogP contribution in [0.15, 0.2) is 36.4 Å². The molecule has 154 valence electrons. The van der Waals surface area contributed by atoms with Gasteiger partial charge in [-0.15, -0.1) is 11.3 Å². The van der Waals surface area contributed by atoms with Gasteiger partial charge in [-0.3, -0.25) is 4.90 Å². The number of ether oxygens (including phenoxy) is 1. The van der Waals surface area contributed by atoms with Gasteiger partial charge in [-0.05, 0) is 43.3 Å². The van der Waals surface area contributed by atoms with Crippen LogP contribution in [0.5, 0.6) is 5.75 Å². The normalized spacial score (nSPS) is 17.0. The molecule has 2 N–H and O–H groups in total. The summed E-state index contributed by atoms with van der Waals surface area (Å²) in [4.78, 5) is 7.47. The average molecular weight is 404 g/mol. The molecule has 0 saturated carbocycles. The minimum Gasteiger partial charge on any atom is -0.491 e. The summed E-state index contributed by atoms with van der Waals surface area (Å²) < 4.78 is 5.85. The lowest BCUT2D eigenvalue weighted by Gasteiger charge is -2.34. The predicted octanol–water partition coefficient (Wildman–Crippen LogP) is 2.72. The maximum Gasteiger partial charge on any atom is 0.119 e. The fraction of sp³-hybridized carbons (Fsp3) is 0.545. The number of benzene rings is 1. The van der Waals surface area contributed by atoms with Crippen LogP contribution in [0.3, 0.4) is 0 Å². The molecule has 0 bridgehead atoms. The maximum absolute atomic E-state index is 10.3. The quantitative estimate of drug-likeness (QED) is 0.639. The van der Waals surface area contributed by atoms with Gasteiger partial charge in [0.1, 0.15) is 18.5 Å². The molecule has 0 spiro atoms. The Hall–Kier alpha value is -1.44. The molecule has 2 aromatic rings. The molecule has 1 aliphatic heterocycles. The third kappa shape index (κ3) is 6.87. The largest absolute Gasteiger partial charge is 0.491 e. The van der Waals surface area contributed by atoms with Crippen LogP contribution in [0.4, 0.5) is 0 Å². The van der Waals surface area contributed by atoms with E-state index < -0.39 is 6.10 Å². The summed E-state index contributed by atoms with van der Waals surface area (Å²) in [6.07, 6.45) is -0.461. The van der Waals surface area contributed by atoms with Crippen molar-refractivity contribution in [3.8, 4) is 5.75 Å². The second kappa shape index (κ2) is 10.9. The van der Waals surface area contributed by atoms with E-state index in [2.05, 4.69) is 53.2 Å². The van der Waals surface area contributed by atoms with E-state index in [-0.39, 0.29) is 0 Å². The number of aliphatic hydroxyl groups excluding tert-OH is 1. The van der Waals surface area contributed by atoms with Crippen molar-refractivity contribution in [1.82, 2.24) is 15.1 Å². The van der Waals surface area contributed by atoms with E-state index in [9.17, 15) is 5.11 Å². The van der Waals surface area contributed by atoms with Crippen LogP contribution in [0.1, 0.15) is 22.2 Å². The van der Waals surface area contributed by atoms with Crippen molar-refractivity contribution in [1.29, 1.82) is 0 Å². The Morgan fingerprint density at radius 3 is 2.61 bits per heavy atom. The predicted molar refractivity (Wildman–Crippen MR) is 116 cm³/mol. The van der Waals surface area contributed by atoms with Crippen molar-refractivity contribution in [3.05, 3.63) is 51.7 Å². The summed E-state index contributed by atoms with van der Waals surface area (Å²) >= 11 is 1.83. The Morgan fingerprint density at radius 2 is 1.89 bits per heavy atom. The monoisotopic (exact) mass is 403 g/mol. The highest BCUT2D eigenvalue weighted by Gasteiger charge is 2.18. The third-order valence-electron chi connectivity index (χ3n) is 5.15. The topological polar surface area (TPSA) is 48.0 Å². The molecular formula is C22H33N3O2S. The number of hydrogen-bond acceptors (Lipinski definition) is 6. The van der Waals surface area contributed by atoms with E-state index in [1.54, 1.807) is 0 Å². The minimum absolute atomic E-state index is 0.333. The number of nitrogens with zero attached hydrogens (tertiary/aromatic N) is 2. The van der Waals surface area contributed by atoms with E-state index in [0.717, 1.165) is 51.6 Å². The Bertz CT molecular complexity index is 713. The van der Waals surface area contributed by atoms with Gasteiger partial charge in [-0.2, -0.15) is 0 Å². The molecule has 1 aromatic carbocycles. The summed E-state index contributed by atoms with van der Waals surface area (Å²) in [6.45, 7) is 12.4. The zero-order valence-electron chi connectivity index (χ0n) is 17.1. The van der Waals surface area contributed by atoms with Crippen LogP contribution >= 0.6 is 11.3 Å². The van der Waals surface area contributed by atoms with Crippen molar-refractivity contribution in [2.45, 2.75) is 33.0 Å². The molecule has 28 heavy (non-hydrogen) atoms. The molecule has 1 fully saturated rings. The zero-order chi connectivity index (χ0) is 19.8. The maximum atomic E-state index is 10.3. The first-order valence-electron chi connectivity index (χ1n) is 10.2. The zero-order valence-corrected chi connectivity index (χ0v) is 17.9. The Morgan fingerprint density at radius 1 is 1.11 bits per heavy atom. The van der Waals surface area contributed by atoms with Gasteiger partial charge in [0.2, 0.25) is 0 Å². The summed E-state index contributed by atoms with van der Waals surface area (Å²) in [5.74, 6) is 0.820. The number of nitrogens with one attached hydrogen (secondary N) is 1. The number of rotatable bonds is 10. The van der Waals surface area contributed by atoms with Gasteiger partial charge in [0.25, 0.3) is 0 Å². The summed E-state index contributed by atoms with van der Waals surface area (Å²) in [5.41, 5.74) is 1.19. The van der Waals surface area contributed by atoms with Gasteiger partial charge in [0, 0.05) is 55.6 Å². The second-order valence-corrected chi connectivity index (χ2v) is 8.84. The Labute approximate surface area is 172 Å². The number of aryl methyl sites for hydroxylation is 1. The van der Waals surface area contributed by atoms with Crippen molar-refractivity contribution in [2.24, 2.45) is 0 Å². The van der Waals surface area contributed by atoms with Crippen LogP contribution in [0, 0.1) is 6.92 Å².